The number of hydrogen-bond donors (Lipinski definition) is 2. The SMILES string of the molecule is Cc1ccccc1CNC(=O)N1CCCC(C(O)c2nccn2C)C1. The van der Waals surface area contributed by atoms with Crippen LogP contribution in [0.3, 0.4) is 0 Å². The third-order valence-corrected chi connectivity index (χ3v) is 5.01. The molecule has 0 radical (unpaired) electrons. The summed E-state index contributed by atoms with van der Waals surface area (Å²) < 4.78 is 1.84. The van der Waals surface area contributed by atoms with Crippen LogP contribution >= 0.6 is 0 Å². The molecule has 25 heavy (non-hydrogen) atoms. The monoisotopic (exact) mass is 342 g/mol. The molecular weight excluding hydrogens is 316 g/mol. The zero-order chi connectivity index (χ0) is 17.8. The second-order valence-corrected chi connectivity index (χ2v) is 6.77. The van der Waals surface area contributed by atoms with E-state index in [1.807, 2.05) is 49.0 Å². The van der Waals surface area contributed by atoms with Crippen LogP contribution in [0.1, 0.15) is 35.9 Å². The lowest BCUT2D eigenvalue weighted by molar-refractivity contribution is 0.0532. The molecule has 0 spiro atoms. The van der Waals surface area contributed by atoms with Crippen LogP contribution in [0.15, 0.2) is 36.7 Å². The van der Waals surface area contributed by atoms with Gasteiger partial charge in [-0.25, -0.2) is 9.78 Å². The van der Waals surface area contributed by atoms with Gasteiger partial charge >= 0.3 is 6.03 Å². The summed E-state index contributed by atoms with van der Waals surface area (Å²) in [4.78, 5) is 18.6. The number of carbonyl (C=O) groups is 1. The molecular formula is C19H26N4O2. The minimum absolute atomic E-state index is 0.0130. The van der Waals surface area contributed by atoms with Gasteiger partial charge < -0.3 is 19.9 Å². The highest BCUT2D eigenvalue weighted by atomic mass is 16.3. The van der Waals surface area contributed by atoms with Gasteiger partial charge in [0.05, 0.1) is 0 Å². The van der Waals surface area contributed by atoms with Crippen molar-refractivity contribution in [2.75, 3.05) is 13.1 Å². The summed E-state index contributed by atoms with van der Waals surface area (Å²) in [5, 5.41) is 13.6. The largest absolute Gasteiger partial charge is 0.385 e. The highest BCUT2D eigenvalue weighted by Gasteiger charge is 2.31. The van der Waals surface area contributed by atoms with Crippen molar-refractivity contribution in [3.05, 3.63) is 53.6 Å². The number of piperidine rings is 1. The molecule has 3 rings (SSSR count). The first-order chi connectivity index (χ1) is 12.1. The molecule has 0 bridgehead atoms. The summed E-state index contributed by atoms with van der Waals surface area (Å²) in [5.41, 5.74) is 2.29. The predicted octanol–water partition coefficient (Wildman–Crippen LogP) is 2.38. The maximum absolute atomic E-state index is 12.5. The number of aliphatic hydroxyl groups is 1. The second-order valence-electron chi connectivity index (χ2n) is 6.77. The Morgan fingerprint density at radius 1 is 1.44 bits per heavy atom. The van der Waals surface area contributed by atoms with E-state index in [1.165, 1.54) is 5.56 Å². The molecule has 2 unspecified atom stereocenters. The molecule has 0 saturated carbocycles. The number of nitrogens with one attached hydrogen (secondary N) is 1. The molecule has 1 aliphatic rings. The summed E-state index contributed by atoms with van der Waals surface area (Å²) in [6, 6.07) is 7.98. The predicted molar refractivity (Wildman–Crippen MR) is 95.9 cm³/mol. The molecule has 1 aromatic heterocycles. The van der Waals surface area contributed by atoms with E-state index in [4.69, 9.17) is 0 Å². The highest BCUT2D eigenvalue weighted by Crippen LogP contribution is 2.28. The number of nitrogens with zero attached hydrogens (tertiary/aromatic N) is 3. The van der Waals surface area contributed by atoms with Crippen LogP contribution in [0.4, 0.5) is 4.79 Å². The molecule has 2 amide bonds. The van der Waals surface area contributed by atoms with Gasteiger partial charge in [0.15, 0.2) is 0 Å². The van der Waals surface area contributed by atoms with Crippen LogP contribution < -0.4 is 5.32 Å². The average molecular weight is 342 g/mol. The van der Waals surface area contributed by atoms with Crippen LogP contribution in [0.25, 0.3) is 0 Å². The Morgan fingerprint density at radius 3 is 2.96 bits per heavy atom. The first kappa shape index (κ1) is 17.5. The van der Waals surface area contributed by atoms with Crippen molar-refractivity contribution >= 4 is 6.03 Å². The van der Waals surface area contributed by atoms with Crippen molar-refractivity contribution in [3.8, 4) is 0 Å². The topological polar surface area (TPSA) is 70.4 Å². The lowest BCUT2D eigenvalue weighted by Gasteiger charge is -2.34. The van der Waals surface area contributed by atoms with Crippen molar-refractivity contribution in [1.82, 2.24) is 19.8 Å². The van der Waals surface area contributed by atoms with E-state index < -0.39 is 6.10 Å². The lowest BCUT2D eigenvalue weighted by atomic mass is 9.92. The van der Waals surface area contributed by atoms with E-state index in [9.17, 15) is 9.90 Å². The van der Waals surface area contributed by atoms with Gasteiger partial charge in [0.1, 0.15) is 11.9 Å². The number of benzene rings is 1. The van der Waals surface area contributed by atoms with Gasteiger partial charge in [0, 0.05) is 45.0 Å². The maximum Gasteiger partial charge on any atom is 0.317 e. The van der Waals surface area contributed by atoms with E-state index >= 15 is 0 Å². The Labute approximate surface area is 148 Å². The number of aliphatic hydroxyl groups excluding tert-OH is 1. The van der Waals surface area contributed by atoms with Crippen LogP contribution in [0.2, 0.25) is 0 Å². The third-order valence-electron chi connectivity index (χ3n) is 5.01. The fourth-order valence-electron chi connectivity index (χ4n) is 3.42. The van der Waals surface area contributed by atoms with Gasteiger partial charge in [-0.15, -0.1) is 0 Å². The molecule has 1 aliphatic heterocycles. The van der Waals surface area contributed by atoms with E-state index in [1.54, 1.807) is 11.1 Å². The van der Waals surface area contributed by atoms with E-state index in [0.717, 1.165) is 24.9 Å². The van der Waals surface area contributed by atoms with Gasteiger partial charge in [0.25, 0.3) is 0 Å². The highest BCUT2D eigenvalue weighted by molar-refractivity contribution is 5.74. The van der Waals surface area contributed by atoms with Crippen LogP contribution in [-0.4, -0.2) is 38.7 Å². The number of urea groups is 1. The number of aromatic nitrogens is 2. The van der Waals surface area contributed by atoms with Crippen molar-refractivity contribution in [3.63, 3.8) is 0 Å². The molecule has 2 aromatic rings. The molecule has 2 N–H and O–H groups in total. The molecule has 0 aliphatic carbocycles. The maximum atomic E-state index is 12.5. The fourth-order valence-corrected chi connectivity index (χ4v) is 3.42. The third kappa shape index (κ3) is 4.02. The zero-order valence-corrected chi connectivity index (χ0v) is 14.9. The Morgan fingerprint density at radius 2 is 2.24 bits per heavy atom. The van der Waals surface area contributed by atoms with E-state index in [0.29, 0.717) is 18.9 Å². The average Bonchev–Trinajstić information content (AvgIpc) is 3.06. The molecule has 1 aromatic carbocycles. The number of carbonyl (C=O) groups excluding carboxylic acids is 1. The van der Waals surface area contributed by atoms with Gasteiger partial charge in [0.2, 0.25) is 0 Å². The van der Waals surface area contributed by atoms with Crippen LogP contribution in [-0.2, 0) is 13.6 Å². The van der Waals surface area contributed by atoms with Crippen LogP contribution in [0.5, 0.6) is 0 Å². The number of imidazole rings is 1. The standard InChI is InChI=1S/C19H26N4O2/c1-14-6-3-4-7-15(14)12-21-19(25)23-10-5-8-16(13-23)17(24)18-20-9-11-22(18)2/h3-4,6-7,9,11,16-17,24H,5,8,10,12-13H2,1-2H3,(H,21,25). The van der Waals surface area contributed by atoms with Gasteiger partial charge in [-0.2, -0.15) is 0 Å². The van der Waals surface area contributed by atoms with Crippen molar-refractivity contribution in [2.45, 2.75) is 32.4 Å². The number of aryl methyl sites for hydroxylation is 2. The normalized spacial score (nSPS) is 18.8. The number of hydrogen-bond acceptors (Lipinski definition) is 3. The van der Waals surface area contributed by atoms with Gasteiger partial charge in [-0.05, 0) is 30.9 Å². The smallest absolute Gasteiger partial charge is 0.317 e. The quantitative estimate of drug-likeness (QED) is 0.896. The Hall–Kier alpha value is -2.34. The number of rotatable bonds is 4. The molecule has 6 heteroatoms. The summed E-state index contributed by atoms with van der Waals surface area (Å²) >= 11 is 0. The number of likely N-dealkylation sites (tertiary alicyclic amines) is 1. The summed E-state index contributed by atoms with van der Waals surface area (Å²) in [5.74, 6) is 0.672. The van der Waals surface area contributed by atoms with Crippen molar-refractivity contribution < 1.29 is 9.90 Å². The van der Waals surface area contributed by atoms with Crippen molar-refractivity contribution in [1.29, 1.82) is 0 Å². The molecule has 2 heterocycles. The molecule has 6 nitrogen and oxygen atoms in total. The molecule has 1 fully saturated rings. The minimum atomic E-state index is -0.646. The Bertz CT molecular complexity index is 728. The molecule has 2 atom stereocenters. The minimum Gasteiger partial charge on any atom is -0.385 e. The van der Waals surface area contributed by atoms with Crippen LogP contribution in [0, 0.1) is 12.8 Å². The lowest BCUT2D eigenvalue weighted by Crippen LogP contribution is -2.46. The summed E-state index contributed by atoms with van der Waals surface area (Å²) in [7, 11) is 1.88. The first-order valence-corrected chi connectivity index (χ1v) is 8.79. The van der Waals surface area contributed by atoms with E-state index in [2.05, 4.69) is 10.3 Å². The molecule has 134 valence electrons. The summed E-state index contributed by atoms with van der Waals surface area (Å²) in [6.45, 7) is 3.84. The first-order valence-electron chi connectivity index (χ1n) is 8.79. The zero-order valence-electron chi connectivity index (χ0n) is 14.9. The molecule has 1 saturated heterocycles. The van der Waals surface area contributed by atoms with Gasteiger partial charge in [-0.3, -0.25) is 0 Å². The Kier molecular flexibility index (Phi) is 5.38. The number of amides is 2. The van der Waals surface area contributed by atoms with Crippen molar-refractivity contribution in [2.24, 2.45) is 13.0 Å². The second kappa shape index (κ2) is 7.70. The van der Waals surface area contributed by atoms with E-state index in [-0.39, 0.29) is 11.9 Å². The Balaban J connectivity index is 1.58. The van der Waals surface area contributed by atoms with Gasteiger partial charge in [-0.1, -0.05) is 24.3 Å². The fraction of sp³-hybridized carbons (Fsp3) is 0.474. The summed E-state index contributed by atoms with van der Waals surface area (Å²) in [6.07, 6.45) is 4.66.